The topological polar surface area (TPSA) is 43.8 Å². The fourth-order valence-electron chi connectivity index (χ4n) is 2.36. The molecule has 0 aliphatic heterocycles. The summed E-state index contributed by atoms with van der Waals surface area (Å²) in [6.07, 6.45) is 1.05. The zero-order valence-corrected chi connectivity index (χ0v) is 11.2. The van der Waals surface area contributed by atoms with Gasteiger partial charge in [0.05, 0.1) is 11.0 Å². The highest BCUT2D eigenvalue weighted by atomic mass is 15.1. The van der Waals surface area contributed by atoms with Gasteiger partial charge in [-0.25, -0.2) is 4.98 Å². The quantitative estimate of drug-likeness (QED) is 0.709. The van der Waals surface area contributed by atoms with E-state index in [-0.39, 0.29) is 0 Å². The molecule has 0 radical (unpaired) electrons. The van der Waals surface area contributed by atoms with Crippen LogP contribution in [0.3, 0.4) is 0 Å². The summed E-state index contributed by atoms with van der Waals surface area (Å²) in [4.78, 5) is 4.68. The minimum atomic E-state index is 0.749. The van der Waals surface area contributed by atoms with Crippen LogP contribution in [0, 0.1) is 0 Å². The average molecular weight is 251 g/mol. The van der Waals surface area contributed by atoms with Gasteiger partial charge in [0.1, 0.15) is 5.82 Å². The van der Waals surface area contributed by atoms with Crippen LogP contribution in [0.4, 0.5) is 5.69 Å². The first kappa shape index (κ1) is 11.8. The Hall–Kier alpha value is -2.29. The van der Waals surface area contributed by atoms with E-state index in [2.05, 4.69) is 40.7 Å². The van der Waals surface area contributed by atoms with Gasteiger partial charge in [0.25, 0.3) is 0 Å². The predicted octanol–water partition coefficient (Wildman–Crippen LogP) is 3.38. The van der Waals surface area contributed by atoms with Gasteiger partial charge in [-0.05, 0) is 30.2 Å². The van der Waals surface area contributed by atoms with Gasteiger partial charge < -0.3 is 10.3 Å². The lowest BCUT2D eigenvalue weighted by molar-refractivity contribution is 0.959. The lowest BCUT2D eigenvalue weighted by atomic mass is 10.1. The number of hydrogen-bond donors (Lipinski definition) is 1. The van der Waals surface area contributed by atoms with Crippen molar-refractivity contribution in [2.45, 2.75) is 13.3 Å². The molecule has 0 unspecified atom stereocenters. The summed E-state index contributed by atoms with van der Waals surface area (Å²) in [5.41, 5.74) is 11.1. The molecule has 2 N–H and O–H groups in total. The fraction of sp³-hybridized carbons (Fsp3) is 0.188. The minimum Gasteiger partial charge on any atom is -0.399 e. The number of fused-ring (bicyclic) bond motifs is 1. The van der Waals surface area contributed by atoms with Gasteiger partial charge in [-0.3, -0.25) is 0 Å². The lowest BCUT2D eigenvalue weighted by Crippen LogP contribution is -1.92. The van der Waals surface area contributed by atoms with E-state index in [9.17, 15) is 0 Å². The van der Waals surface area contributed by atoms with Crippen LogP contribution in [0.25, 0.3) is 22.4 Å². The van der Waals surface area contributed by atoms with Crippen LogP contribution in [-0.4, -0.2) is 9.55 Å². The molecule has 0 aliphatic carbocycles. The number of benzene rings is 2. The van der Waals surface area contributed by atoms with Crippen molar-refractivity contribution < 1.29 is 0 Å². The first-order chi connectivity index (χ1) is 9.19. The van der Waals surface area contributed by atoms with E-state index in [1.54, 1.807) is 0 Å². The molecule has 2 aromatic carbocycles. The summed E-state index contributed by atoms with van der Waals surface area (Å²) in [7, 11) is 2.04. The van der Waals surface area contributed by atoms with Crippen molar-refractivity contribution in [1.82, 2.24) is 9.55 Å². The van der Waals surface area contributed by atoms with Crippen LogP contribution in [0.2, 0.25) is 0 Å². The van der Waals surface area contributed by atoms with Crippen molar-refractivity contribution in [2.75, 3.05) is 5.73 Å². The standard InChI is InChI=1S/C16H17N3/c1-3-11-4-6-12(7-5-11)16-18-14-10-13(17)8-9-15(14)19(16)2/h4-10H,3,17H2,1-2H3. The van der Waals surface area contributed by atoms with E-state index in [1.807, 2.05) is 25.2 Å². The zero-order valence-electron chi connectivity index (χ0n) is 11.2. The van der Waals surface area contributed by atoms with Crippen molar-refractivity contribution >= 4 is 16.7 Å². The highest BCUT2D eigenvalue weighted by molar-refractivity contribution is 5.83. The number of nitrogens with zero attached hydrogens (tertiary/aromatic N) is 2. The smallest absolute Gasteiger partial charge is 0.140 e. The largest absolute Gasteiger partial charge is 0.399 e. The molecule has 1 heterocycles. The third kappa shape index (κ3) is 1.97. The molecule has 3 nitrogen and oxygen atoms in total. The predicted molar refractivity (Wildman–Crippen MR) is 79.9 cm³/mol. The second-order valence-corrected chi connectivity index (χ2v) is 4.79. The van der Waals surface area contributed by atoms with Gasteiger partial charge in [-0.1, -0.05) is 31.2 Å². The molecule has 0 saturated carbocycles. The van der Waals surface area contributed by atoms with Crippen LogP contribution >= 0.6 is 0 Å². The molecular formula is C16H17N3. The van der Waals surface area contributed by atoms with Crippen LogP contribution in [0.1, 0.15) is 12.5 Å². The van der Waals surface area contributed by atoms with Gasteiger partial charge in [0.15, 0.2) is 0 Å². The van der Waals surface area contributed by atoms with Gasteiger partial charge in [-0.2, -0.15) is 0 Å². The van der Waals surface area contributed by atoms with E-state index >= 15 is 0 Å². The highest BCUT2D eigenvalue weighted by Gasteiger charge is 2.09. The van der Waals surface area contributed by atoms with Crippen molar-refractivity contribution in [1.29, 1.82) is 0 Å². The molecular weight excluding hydrogens is 234 g/mol. The fourth-order valence-corrected chi connectivity index (χ4v) is 2.36. The van der Waals surface area contributed by atoms with Crippen molar-refractivity contribution in [2.24, 2.45) is 7.05 Å². The molecule has 3 heteroatoms. The van der Waals surface area contributed by atoms with Gasteiger partial charge in [0.2, 0.25) is 0 Å². The molecule has 0 amide bonds. The van der Waals surface area contributed by atoms with Crippen LogP contribution in [0.5, 0.6) is 0 Å². The van der Waals surface area contributed by atoms with Crippen LogP contribution in [0.15, 0.2) is 42.5 Å². The second-order valence-electron chi connectivity index (χ2n) is 4.79. The number of nitrogen functional groups attached to an aromatic ring is 1. The van der Waals surface area contributed by atoms with Gasteiger partial charge >= 0.3 is 0 Å². The maximum absolute atomic E-state index is 5.81. The Balaban J connectivity index is 2.15. The number of nitrogens with two attached hydrogens (primary N) is 1. The van der Waals surface area contributed by atoms with Crippen molar-refractivity contribution in [3.8, 4) is 11.4 Å². The Morgan fingerprint density at radius 3 is 2.53 bits per heavy atom. The molecule has 3 rings (SSSR count). The number of aryl methyl sites for hydroxylation is 2. The molecule has 0 saturated heterocycles. The maximum Gasteiger partial charge on any atom is 0.140 e. The lowest BCUT2D eigenvalue weighted by Gasteiger charge is -2.03. The molecule has 0 spiro atoms. The Labute approximate surface area is 112 Å². The molecule has 0 aliphatic rings. The number of hydrogen-bond acceptors (Lipinski definition) is 2. The molecule has 19 heavy (non-hydrogen) atoms. The molecule has 0 fully saturated rings. The molecule has 0 bridgehead atoms. The van der Waals surface area contributed by atoms with E-state index in [0.29, 0.717) is 0 Å². The Morgan fingerprint density at radius 1 is 1.11 bits per heavy atom. The van der Waals surface area contributed by atoms with E-state index < -0.39 is 0 Å². The molecule has 0 atom stereocenters. The van der Waals surface area contributed by atoms with Crippen LogP contribution < -0.4 is 5.73 Å². The van der Waals surface area contributed by atoms with E-state index in [4.69, 9.17) is 5.73 Å². The van der Waals surface area contributed by atoms with Gasteiger partial charge in [-0.15, -0.1) is 0 Å². The Bertz CT molecular complexity index is 724. The monoisotopic (exact) mass is 251 g/mol. The average Bonchev–Trinajstić information content (AvgIpc) is 2.75. The summed E-state index contributed by atoms with van der Waals surface area (Å²) < 4.78 is 2.11. The minimum absolute atomic E-state index is 0.749. The summed E-state index contributed by atoms with van der Waals surface area (Å²) in [5, 5.41) is 0. The first-order valence-corrected chi connectivity index (χ1v) is 6.50. The highest BCUT2D eigenvalue weighted by Crippen LogP contribution is 2.25. The summed E-state index contributed by atoms with van der Waals surface area (Å²) in [6, 6.07) is 14.4. The number of imidazole rings is 1. The Morgan fingerprint density at radius 2 is 1.84 bits per heavy atom. The molecule has 1 aromatic heterocycles. The number of aromatic nitrogens is 2. The third-order valence-corrected chi connectivity index (χ3v) is 3.53. The number of anilines is 1. The Kier molecular flexibility index (Phi) is 2.75. The summed E-state index contributed by atoms with van der Waals surface area (Å²) >= 11 is 0. The SMILES string of the molecule is CCc1ccc(-c2nc3cc(N)ccc3n2C)cc1. The molecule has 3 aromatic rings. The van der Waals surface area contributed by atoms with Crippen molar-refractivity contribution in [3.05, 3.63) is 48.0 Å². The normalized spacial score (nSPS) is 11.1. The second kappa shape index (κ2) is 4.43. The van der Waals surface area contributed by atoms with E-state index in [0.717, 1.165) is 34.5 Å². The number of rotatable bonds is 2. The summed E-state index contributed by atoms with van der Waals surface area (Å²) in [5.74, 6) is 0.975. The van der Waals surface area contributed by atoms with Gasteiger partial charge in [0, 0.05) is 18.3 Å². The van der Waals surface area contributed by atoms with Crippen LogP contribution in [-0.2, 0) is 13.5 Å². The third-order valence-electron chi connectivity index (χ3n) is 3.53. The zero-order chi connectivity index (χ0) is 13.4. The first-order valence-electron chi connectivity index (χ1n) is 6.50. The maximum atomic E-state index is 5.81. The molecule has 96 valence electrons. The van der Waals surface area contributed by atoms with E-state index in [1.165, 1.54) is 5.56 Å². The summed E-state index contributed by atoms with van der Waals surface area (Å²) in [6.45, 7) is 2.16. The van der Waals surface area contributed by atoms with Crippen molar-refractivity contribution in [3.63, 3.8) is 0 Å².